The van der Waals surface area contributed by atoms with Crippen LogP contribution < -0.4 is 5.32 Å². The second-order valence-electron chi connectivity index (χ2n) is 7.48. The Labute approximate surface area is 168 Å². The maximum Gasteiger partial charge on any atom is 0.257 e. The third kappa shape index (κ3) is 4.06. The fourth-order valence-electron chi connectivity index (χ4n) is 3.80. The summed E-state index contributed by atoms with van der Waals surface area (Å²) in [5.41, 5.74) is 2.46. The van der Waals surface area contributed by atoms with Gasteiger partial charge in [0.1, 0.15) is 11.6 Å². The molecule has 1 aliphatic heterocycles. The highest BCUT2D eigenvalue weighted by Gasteiger charge is 2.24. The number of pyridine rings is 1. The lowest BCUT2D eigenvalue weighted by molar-refractivity contribution is 0.0725. The summed E-state index contributed by atoms with van der Waals surface area (Å²) in [6.45, 7) is 3.36. The number of hydrogen-bond donors (Lipinski definition) is 1. The summed E-state index contributed by atoms with van der Waals surface area (Å²) in [4.78, 5) is 19.4. The van der Waals surface area contributed by atoms with Crippen LogP contribution >= 0.6 is 0 Å². The second-order valence-corrected chi connectivity index (χ2v) is 7.48. The highest BCUT2D eigenvalue weighted by atomic mass is 19.1. The van der Waals surface area contributed by atoms with Crippen molar-refractivity contribution in [3.63, 3.8) is 0 Å². The number of nitrogens with zero attached hydrogens (tertiary/aromatic N) is 2. The Balaban J connectivity index is 1.76. The summed E-state index contributed by atoms with van der Waals surface area (Å²) in [6, 6.07) is 10.3. The van der Waals surface area contributed by atoms with E-state index >= 15 is 0 Å². The fourth-order valence-corrected chi connectivity index (χ4v) is 3.80. The quantitative estimate of drug-likeness (QED) is 0.651. The van der Waals surface area contributed by atoms with Crippen molar-refractivity contribution in [1.82, 2.24) is 9.88 Å². The Morgan fingerprint density at radius 2 is 1.72 bits per heavy atom. The Bertz CT molecular complexity index is 1030. The predicted molar refractivity (Wildman–Crippen MR) is 110 cm³/mol. The van der Waals surface area contributed by atoms with Gasteiger partial charge >= 0.3 is 0 Å². The van der Waals surface area contributed by atoms with Crippen molar-refractivity contribution < 1.29 is 13.6 Å². The van der Waals surface area contributed by atoms with Gasteiger partial charge in [-0.15, -0.1) is 0 Å². The van der Waals surface area contributed by atoms with E-state index in [0.717, 1.165) is 24.8 Å². The summed E-state index contributed by atoms with van der Waals surface area (Å²) >= 11 is 0. The Kier molecular flexibility index (Phi) is 5.43. The summed E-state index contributed by atoms with van der Waals surface area (Å²) in [5.74, 6) is -0.796. The smallest absolute Gasteiger partial charge is 0.257 e. The largest absolute Gasteiger partial charge is 0.377 e. The first-order valence-electron chi connectivity index (χ1n) is 9.92. The first-order chi connectivity index (χ1) is 14.0. The van der Waals surface area contributed by atoms with Crippen molar-refractivity contribution in [3.8, 4) is 0 Å². The van der Waals surface area contributed by atoms with Gasteiger partial charge in [-0.2, -0.15) is 0 Å². The Hall–Kier alpha value is -3.02. The number of carbonyl (C=O) groups is 1. The van der Waals surface area contributed by atoms with Crippen molar-refractivity contribution in [1.29, 1.82) is 0 Å². The summed E-state index contributed by atoms with van der Waals surface area (Å²) in [6.07, 6.45) is 4.65. The lowest BCUT2D eigenvalue weighted by Crippen LogP contribution is -2.36. The second kappa shape index (κ2) is 8.15. The third-order valence-electron chi connectivity index (χ3n) is 5.43. The molecule has 4 nitrogen and oxygen atoms in total. The number of nitrogens with one attached hydrogen (secondary N) is 1. The van der Waals surface area contributed by atoms with Crippen molar-refractivity contribution in [2.24, 2.45) is 0 Å². The average molecular weight is 395 g/mol. The summed E-state index contributed by atoms with van der Waals surface area (Å²) < 4.78 is 27.3. The minimum atomic E-state index is -0.389. The van der Waals surface area contributed by atoms with E-state index in [-0.39, 0.29) is 23.6 Å². The molecular weight excluding hydrogens is 372 g/mol. The molecule has 4 rings (SSSR count). The number of fused-ring (bicyclic) bond motifs is 1. The number of anilines is 1. The maximum absolute atomic E-state index is 14.0. The molecule has 1 atom stereocenters. The molecule has 3 aromatic rings. The molecule has 0 radical (unpaired) electrons. The molecule has 1 N–H and O–H groups in total. The molecule has 1 aromatic heterocycles. The van der Waals surface area contributed by atoms with Gasteiger partial charge in [-0.3, -0.25) is 9.78 Å². The van der Waals surface area contributed by atoms with Crippen LogP contribution in [0.25, 0.3) is 10.9 Å². The zero-order chi connectivity index (χ0) is 20.4. The first-order valence-corrected chi connectivity index (χ1v) is 9.92. The number of benzene rings is 2. The van der Waals surface area contributed by atoms with Crippen molar-refractivity contribution >= 4 is 22.5 Å². The molecule has 1 saturated heterocycles. The van der Waals surface area contributed by atoms with Crippen molar-refractivity contribution in [2.45, 2.75) is 32.2 Å². The minimum absolute atomic E-state index is 0.0998. The number of rotatable bonds is 4. The lowest BCUT2D eigenvalue weighted by atomic mass is 10.0. The van der Waals surface area contributed by atoms with Gasteiger partial charge in [0.15, 0.2) is 0 Å². The van der Waals surface area contributed by atoms with E-state index < -0.39 is 0 Å². The molecule has 150 valence electrons. The molecule has 0 aliphatic carbocycles. The number of aromatic nitrogens is 1. The van der Waals surface area contributed by atoms with Gasteiger partial charge in [0.2, 0.25) is 0 Å². The Morgan fingerprint density at radius 1 is 1.03 bits per heavy atom. The fraction of sp³-hybridized carbons (Fsp3) is 0.304. The molecule has 2 heterocycles. The molecule has 0 spiro atoms. The molecule has 0 unspecified atom stereocenters. The van der Waals surface area contributed by atoms with Gasteiger partial charge in [0.05, 0.1) is 16.8 Å². The van der Waals surface area contributed by atoms with Crippen LogP contribution in [0.4, 0.5) is 14.5 Å². The normalized spacial score (nSPS) is 15.3. The van der Waals surface area contributed by atoms with Crippen LogP contribution in [0, 0.1) is 11.6 Å². The number of amides is 1. The summed E-state index contributed by atoms with van der Waals surface area (Å²) in [5, 5.41) is 3.92. The van der Waals surface area contributed by atoms with Crippen LogP contribution in [-0.2, 0) is 0 Å². The molecule has 2 aromatic carbocycles. The van der Waals surface area contributed by atoms with Crippen LogP contribution in [0.3, 0.4) is 0 Å². The minimum Gasteiger partial charge on any atom is -0.377 e. The van der Waals surface area contributed by atoms with Gasteiger partial charge in [-0.1, -0.05) is 12.1 Å². The van der Waals surface area contributed by atoms with Gasteiger partial charge in [0.25, 0.3) is 5.91 Å². The SMILES string of the molecule is C[C@@H](Nc1c(C(=O)N2CCCCC2)cnc2ccc(F)cc12)c1ccc(F)cc1. The zero-order valence-corrected chi connectivity index (χ0v) is 16.3. The standard InChI is InChI=1S/C23H23F2N3O/c1-15(16-5-7-17(24)8-6-16)27-22-19-13-18(25)9-10-21(19)26-14-20(22)23(29)28-11-3-2-4-12-28/h5-10,13-15H,2-4,11-12H2,1H3,(H,26,27)/t15-/m1/s1. The highest BCUT2D eigenvalue weighted by molar-refractivity contribution is 6.07. The van der Waals surface area contributed by atoms with Crippen molar-refractivity contribution in [3.05, 3.63) is 71.4 Å². The predicted octanol–water partition coefficient (Wildman–Crippen LogP) is 5.31. The molecule has 0 saturated carbocycles. The molecule has 1 amide bonds. The number of carbonyl (C=O) groups excluding carboxylic acids is 1. The first kappa shape index (κ1) is 19.3. The molecular formula is C23H23F2N3O. The van der Waals surface area contributed by atoms with E-state index in [2.05, 4.69) is 10.3 Å². The maximum atomic E-state index is 14.0. The van der Waals surface area contributed by atoms with Crippen LogP contribution in [-0.4, -0.2) is 28.9 Å². The van der Waals surface area contributed by atoms with E-state index in [1.165, 1.54) is 24.3 Å². The monoisotopic (exact) mass is 395 g/mol. The molecule has 0 bridgehead atoms. The number of likely N-dealkylation sites (tertiary alicyclic amines) is 1. The van der Waals surface area contributed by atoms with Crippen LogP contribution in [0.15, 0.2) is 48.7 Å². The highest BCUT2D eigenvalue weighted by Crippen LogP contribution is 2.31. The topological polar surface area (TPSA) is 45.2 Å². The molecule has 1 fully saturated rings. The van der Waals surface area contributed by atoms with E-state index in [1.54, 1.807) is 24.4 Å². The van der Waals surface area contributed by atoms with Crippen LogP contribution in [0.2, 0.25) is 0 Å². The van der Waals surface area contributed by atoms with E-state index in [9.17, 15) is 13.6 Å². The van der Waals surface area contributed by atoms with Crippen LogP contribution in [0.5, 0.6) is 0 Å². The number of hydrogen-bond acceptors (Lipinski definition) is 3. The lowest BCUT2D eigenvalue weighted by Gasteiger charge is -2.28. The van der Waals surface area contributed by atoms with Gasteiger partial charge in [-0.05, 0) is 62.1 Å². The zero-order valence-electron chi connectivity index (χ0n) is 16.3. The number of halogens is 2. The average Bonchev–Trinajstić information content (AvgIpc) is 2.74. The van der Waals surface area contributed by atoms with Crippen LogP contribution in [0.1, 0.15) is 48.1 Å². The number of piperidine rings is 1. The van der Waals surface area contributed by atoms with E-state index in [0.29, 0.717) is 35.2 Å². The van der Waals surface area contributed by atoms with E-state index in [4.69, 9.17) is 0 Å². The molecule has 6 heteroatoms. The molecule has 29 heavy (non-hydrogen) atoms. The van der Waals surface area contributed by atoms with Gasteiger partial charge in [-0.25, -0.2) is 8.78 Å². The third-order valence-corrected chi connectivity index (χ3v) is 5.43. The van der Waals surface area contributed by atoms with E-state index in [1.807, 2.05) is 11.8 Å². The Morgan fingerprint density at radius 3 is 2.45 bits per heavy atom. The van der Waals surface area contributed by atoms with Gasteiger partial charge < -0.3 is 10.2 Å². The summed E-state index contributed by atoms with van der Waals surface area (Å²) in [7, 11) is 0. The van der Waals surface area contributed by atoms with Crippen molar-refractivity contribution in [2.75, 3.05) is 18.4 Å². The van der Waals surface area contributed by atoms with Gasteiger partial charge in [0, 0.05) is 30.7 Å². The molecule has 1 aliphatic rings.